The Bertz CT molecular complexity index is 168. The average molecular weight is 197 g/mol. The number of hydrogen-bond donors (Lipinski definition) is 2. The van der Waals surface area contributed by atoms with Crippen LogP contribution in [0.3, 0.4) is 0 Å². The summed E-state index contributed by atoms with van der Waals surface area (Å²) in [5.41, 5.74) is 5.48. The Labute approximate surface area is 87.0 Å². The lowest BCUT2D eigenvalue weighted by molar-refractivity contribution is 0.182. The lowest BCUT2D eigenvalue weighted by Gasteiger charge is -2.33. The Hall–Kier alpha value is -0.120. The third-order valence-corrected chi connectivity index (χ3v) is 3.33. The van der Waals surface area contributed by atoms with Crippen LogP contribution < -0.4 is 11.1 Å². The van der Waals surface area contributed by atoms with Crippen LogP contribution in [0, 0.1) is 0 Å². The van der Waals surface area contributed by atoms with Crippen LogP contribution in [-0.2, 0) is 0 Å². The Morgan fingerprint density at radius 3 is 2.86 bits per heavy atom. The number of nitrogens with two attached hydrogens (primary N) is 1. The van der Waals surface area contributed by atoms with Crippen LogP contribution in [0.5, 0.6) is 0 Å². The minimum atomic E-state index is 0.732. The molecule has 82 valence electrons. The summed E-state index contributed by atoms with van der Waals surface area (Å²) in [7, 11) is 0. The Morgan fingerprint density at radius 1 is 1.29 bits per heavy atom. The van der Waals surface area contributed by atoms with Gasteiger partial charge in [0.05, 0.1) is 0 Å². The highest BCUT2D eigenvalue weighted by molar-refractivity contribution is 4.89. The highest BCUT2D eigenvalue weighted by atomic mass is 15.2. The first-order valence-electron chi connectivity index (χ1n) is 6.07. The second-order valence-electron chi connectivity index (χ2n) is 4.66. The summed E-state index contributed by atoms with van der Waals surface area (Å²) < 4.78 is 0. The second kappa shape index (κ2) is 5.10. The van der Waals surface area contributed by atoms with E-state index in [1.807, 2.05) is 0 Å². The predicted molar refractivity (Wildman–Crippen MR) is 59.3 cm³/mol. The molecular formula is C11H23N3. The van der Waals surface area contributed by atoms with Crippen molar-refractivity contribution in [3.8, 4) is 0 Å². The third kappa shape index (κ3) is 2.94. The lowest BCUT2D eigenvalue weighted by Crippen LogP contribution is -2.46. The van der Waals surface area contributed by atoms with Crippen molar-refractivity contribution in [1.82, 2.24) is 10.2 Å². The van der Waals surface area contributed by atoms with E-state index >= 15 is 0 Å². The van der Waals surface area contributed by atoms with E-state index in [0.717, 1.165) is 31.6 Å². The summed E-state index contributed by atoms with van der Waals surface area (Å²) in [6.45, 7) is 4.51. The molecule has 14 heavy (non-hydrogen) atoms. The van der Waals surface area contributed by atoms with Crippen molar-refractivity contribution >= 4 is 0 Å². The van der Waals surface area contributed by atoms with Crippen LogP contribution in [-0.4, -0.2) is 43.2 Å². The van der Waals surface area contributed by atoms with Crippen LogP contribution in [0.1, 0.15) is 32.1 Å². The summed E-state index contributed by atoms with van der Waals surface area (Å²) in [4.78, 5) is 2.67. The van der Waals surface area contributed by atoms with Crippen molar-refractivity contribution in [2.24, 2.45) is 5.73 Å². The molecule has 0 aromatic rings. The molecule has 1 aliphatic carbocycles. The van der Waals surface area contributed by atoms with Crippen LogP contribution in [0.2, 0.25) is 0 Å². The average Bonchev–Trinajstić information content (AvgIpc) is 3.02. The fraction of sp³-hybridized carbons (Fsp3) is 1.00. The molecule has 0 aromatic heterocycles. The van der Waals surface area contributed by atoms with Crippen LogP contribution in [0.25, 0.3) is 0 Å². The predicted octanol–water partition coefficient (Wildman–Crippen LogP) is 0.552. The minimum Gasteiger partial charge on any atom is -0.330 e. The molecule has 2 rings (SSSR count). The van der Waals surface area contributed by atoms with Gasteiger partial charge in [0.25, 0.3) is 0 Å². The van der Waals surface area contributed by atoms with Gasteiger partial charge in [-0.25, -0.2) is 0 Å². The molecule has 3 heteroatoms. The van der Waals surface area contributed by atoms with Gasteiger partial charge in [0, 0.05) is 18.6 Å². The molecule has 1 atom stereocenters. The van der Waals surface area contributed by atoms with Crippen molar-refractivity contribution in [2.75, 3.05) is 26.2 Å². The van der Waals surface area contributed by atoms with E-state index in [1.165, 1.54) is 38.8 Å². The standard InChI is InChI=1S/C11H23N3/c12-6-2-7-13-10-3-1-8-14(9-10)11-4-5-11/h10-11,13H,1-9,12H2. The molecule has 0 radical (unpaired) electrons. The van der Waals surface area contributed by atoms with E-state index in [0.29, 0.717) is 0 Å². The monoisotopic (exact) mass is 197 g/mol. The quantitative estimate of drug-likeness (QED) is 0.633. The third-order valence-electron chi connectivity index (χ3n) is 3.33. The van der Waals surface area contributed by atoms with E-state index in [-0.39, 0.29) is 0 Å². The number of likely N-dealkylation sites (tertiary alicyclic amines) is 1. The fourth-order valence-electron chi connectivity index (χ4n) is 2.35. The van der Waals surface area contributed by atoms with Crippen molar-refractivity contribution in [3.05, 3.63) is 0 Å². The Kier molecular flexibility index (Phi) is 3.79. The van der Waals surface area contributed by atoms with Crippen molar-refractivity contribution in [1.29, 1.82) is 0 Å². The molecule has 1 saturated heterocycles. The molecule has 3 N–H and O–H groups in total. The molecule has 0 aromatic carbocycles. The molecular weight excluding hydrogens is 174 g/mol. The van der Waals surface area contributed by atoms with Crippen LogP contribution >= 0.6 is 0 Å². The van der Waals surface area contributed by atoms with E-state index < -0.39 is 0 Å². The molecule has 1 aliphatic heterocycles. The topological polar surface area (TPSA) is 41.3 Å². The first kappa shape index (κ1) is 10.4. The van der Waals surface area contributed by atoms with Gasteiger partial charge in [0.15, 0.2) is 0 Å². The number of nitrogens with zero attached hydrogens (tertiary/aromatic N) is 1. The van der Waals surface area contributed by atoms with E-state index in [9.17, 15) is 0 Å². The summed E-state index contributed by atoms with van der Waals surface area (Å²) in [6.07, 6.45) is 6.72. The van der Waals surface area contributed by atoms with E-state index in [4.69, 9.17) is 5.73 Å². The van der Waals surface area contributed by atoms with Gasteiger partial charge in [-0.1, -0.05) is 0 Å². The fourth-order valence-corrected chi connectivity index (χ4v) is 2.35. The van der Waals surface area contributed by atoms with Gasteiger partial charge in [-0.3, -0.25) is 4.90 Å². The molecule has 1 saturated carbocycles. The summed E-state index contributed by atoms with van der Waals surface area (Å²) in [5.74, 6) is 0. The largest absolute Gasteiger partial charge is 0.330 e. The Balaban J connectivity index is 1.65. The second-order valence-corrected chi connectivity index (χ2v) is 4.66. The van der Waals surface area contributed by atoms with Gasteiger partial charge in [-0.15, -0.1) is 0 Å². The molecule has 3 nitrogen and oxygen atoms in total. The number of nitrogens with one attached hydrogen (secondary N) is 1. The van der Waals surface area contributed by atoms with Crippen molar-refractivity contribution in [2.45, 2.75) is 44.2 Å². The first-order chi connectivity index (χ1) is 6.90. The summed E-state index contributed by atoms with van der Waals surface area (Å²) >= 11 is 0. The molecule has 1 heterocycles. The van der Waals surface area contributed by atoms with Crippen LogP contribution in [0.4, 0.5) is 0 Å². The molecule has 0 spiro atoms. The van der Waals surface area contributed by atoms with E-state index in [2.05, 4.69) is 10.2 Å². The van der Waals surface area contributed by atoms with Crippen molar-refractivity contribution in [3.63, 3.8) is 0 Å². The maximum atomic E-state index is 5.48. The maximum Gasteiger partial charge on any atom is 0.0195 e. The van der Waals surface area contributed by atoms with Crippen molar-refractivity contribution < 1.29 is 0 Å². The smallest absolute Gasteiger partial charge is 0.0195 e. The zero-order valence-corrected chi connectivity index (χ0v) is 9.04. The minimum absolute atomic E-state index is 0.732. The molecule has 0 bridgehead atoms. The normalized spacial score (nSPS) is 29.4. The summed E-state index contributed by atoms with van der Waals surface area (Å²) in [5, 5.41) is 3.61. The van der Waals surface area contributed by atoms with Gasteiger partial charge in [-0.2, -0.15) is 0 Å². The first-order valence-corrected chi connectivity index (χ1v) is 6.07. The molecule has 2 fully saturated rings. The molecule has 2 aliphatic rings. The van der Waals surface area contributed by atoms with Crippen LogP contribution in [0.15, 0.2) is 0 Å². The highest BCUT2D eigenvalue weighted by Gasteiger charge is 2.32. The zero-order chi connectivity index (χ0) is 9.80. The number of piperidine rings is 1. The van der Waals surface area contributed by atoms with E-state index in [1.54, 1.807) is 0 Å². The van der Waals surface area contributed by atoms with Gasteiger partial charge in [-0.05, 0) is 51.7 Å². The highest BCUT2D eigenvalue weighted by Crippen LogP contribution is 2.29. The van der Waals surface area contributed by atoms with Gasteiger partial charge in [0.1, 0.15) is 0 Å². The number of rotatable bonds is 5. The zero-order valence-electron chi connectivity index (χ0n) is 9.04. The molecule has 1 unspecified atom stereocenters. The SMILES string of the molecule is NCCCNC1CCCN(C2CC2)C1. The maximum absolute atomic E-state index is 5.48. The van der Waals surface area contributed by atoms with Gasteiger partial charge < -0.3 is 11.1 Å². The lowest BCUT2D eigenvalue weighted by atomic mass is 10.1. The van der Waals surface area contributed by atoms with Gasteiger partial charge in [0.2, 0.25) is 0 Å². The number of hydrogen-bond acceptors (Lipinski definition) is 3. The van der Waals surface area contributed by atoms with Gasteiger partial charge >= 0.3 is 0 Å². The summed E-state index contributed by atoms with van der Waals surface area (Å²) in [6, 6.07) is 1.67. The Morgan fingerprint density at radius 2 is 2.14 bits per heavy atom. The molecule has 0 amide bonds.